The number of hydrogen-bond acceptors (Lipinski definition) is 2. The van der Waals surface area contributed by atoms with Crippen LogP contribution in [-0.2, 0) is 17.6 Å². The molecular formula is C16H20N2O2. The summed E-state index contributed by atoms with van der Waals surface area (Å²) >= 11 is 0. The Kier molecular flexibility index (Phi) is 5.38. The maximum absolute atomic E-state index is 12.2. The van der Waals surface area contributed by atoms with E-state index < -0.39 is 0 Å². The van der Waals surface area contributed by atoms with Crippen molar-refractivity contribution in [3.05, 3.63) is 59.9 Å². The average molecular weight is 272 g/mol. The number of H-pyrrole nitrogens is 1. The summed E-state index contributed by atoms with van der Waals surface area (Å²) in [5.41, 5.74) is 2.10. The molecule has 1 aromatic carbocycles. The molecule has 1 amide bonds. The SMILES string of the molecule is O=C(Cc1ccc[nH]1)N(CCO)CCc1ccccc1. The molecule has 0 aliphatic carbocycles. The van der Waals surface area contributed by atoms with Crippen molar-refractivity contribution in [3.63, 3.8) is 0 Å². The Labute approximate surface area is 119 Å². The maximum Gasteiger partial charge on any atom is 0.228 e. The van der Waals surface area contributed by atoms with E-state index in [4.69, 9.17) is 5.11 Å². The van der Waals surface area contributed by atoms with Gasteiger partial charge in [0.1, 0.15) is 0 Å². The Morgan fingerprint density at radius 1 is 1.10 bits per heavy atom. The zero-order valence-electron chi connectivity index (χ0n) is 11.5. The summed E-state index contributed by atoms with van der Waals surface area (Å²) in [4.78, 5) is 17.0. The lowest BCUT2D eigenvalue weighted by Crippen LogP contribution is -2.36. The van der Waals surface area contributed by atoms with Gasteiger partial charge in [0.25, 0.3) is 0 Å². The van der Waals surface area contributed by atoms with Gasteiger partial charge in [0.2, 0.25) is 5.91 Å². The van der Waals surface area contributed by atoms with E-state index in [1.165, 1.54) is 5.56 Å². The van der Waals surface area contributed by atoms with E-state index in [1.807, 2.05) is 48.7 Å². The van der Waals surface area contributed by atoms with Crippen LogP contribution in [0.25, 0.3) is 0 Å². The summed E-state index contributed by atoms with van der Waals surface area (Å²) in [7, 11) is 0. The Balaban J connectivity index is 1.90. The Morgan fingerprint density at radius 2 is 1.90 bits per heavy atom. The number of amides is 1. The fraction of sp³-hybridized carbons (Fsp3) is 0.312. The molecule has 0 unspecified atom stereocenters. The van der Waals surface area contributed by atoms with Gasteiger partial charge >= 0.3 is 0 Å². The number of nitrogens with zero attached hydrogens (tertiary/aromatic N) is 1. The molecule has 1 heterocycles. The molecule has 20 heavy (non-hydrogen) atoms. The van der Waals surface area contributed by atoms with E-state index in [1.54, 1.807) is 4.90 Å². The van der Waals surface area contributed by atoms with Crippen molar-refractivity contribution >= 4 is 5.91 Å². The van der Waals surface area contributed by atoms with Crippen LogP contribution in [-0.4, -0.2) is 40.6 Å². The highest BCUT2D eigenvalue weighted by molar-refractivity contribution is 5.78. The standard InChI is InChI=1S/C16H20N2O2/c19-12-11-18(10-8-14-5-2-1-3-6-14)16(20)13-15-7-4-9-17-15/h1-7,9,17,19H,8,10-13H2. The van der Waals surface area contributed by atoms with E-state index in [9.17, 15) is 4.79 Å². The van der Waals surface area contributed by atoms with Gasteiger partial charge in [-0.1, -0.05) is 30.3 Å². The highest BCUT2D eigenvalue weighted by Crippen LogP contribution is 2.04. The first-order chi connectivity index (χ1) is 9.79. The van der Waals surface area contributed by atoms with E-state index in [-0.39, 0.29) is 12.5 Å². The van der Waals surface area contributed by atoms with E-state index in [0.717, 1.165) is 12.1 Å². The third-order valence-electron chi connectivity index (χ3n) is 3.24. The number of hydrogen-bond donors (Lipinski definition) is 2. The summed E-state index contributed by atoms with van der Waals surface area (Å²) in [6, 6.07) is 13.8. The van der Waals surface area contributed by atoms with Crippen molar-refractivity contribution in [2.24, 2.45) is 0 Å². The molecule has 2 rings (SSSR count). The average Bonchev–Trinajstić information content (AvgIpc) is 2.97. The second-order valence-corrected chi connectivity index (χ2v) is 4.71. The van der Waals surface area contributed by atoms with Gasteiger partial charge in [-0.2, -0.15) is 0 Å². The predicted octanol–water partition coefficient (Wildman–Crippen LogP) is 1.62. The van der Waals surface area contributed by atoms with Crippen molar-refractivity contribution in [1.29, 1.82) is 0 Å². The van der Waals surface area contributed by atoms with Gasteiger partial charge in [-0.3, -0.25) is 4.79 Å². The molecule has 2 N–H and O–H groups in total. The van der Waals surface area contributed by atoms with Gasteiger partial charge in [0.05, 0.1) is 13.0 Å². The minimum absolute atomic E-state index is 0.00867. The Morgan fingerprint density at radius 3 is 2.55 bits per heavy atom. The Bertz CT molecular complexity index is 509. The van der Waals surface area contributed by atoms with Gasteiger partial charge in [0.15, 0.2) is 0 Å². The summed E-state index contributed by atoms with van der Waals surface area (Å²) in [5, 5.41) is 9.11. The minimum atomic E-state index is -0.00867. The van der Waals surface area contributed by atoms with Crippen molar-refractivity contribution < 1.29 is 9.90 Å². The van der Waals surface area contributed by atoms with Crippen LogP contribution in [0.2, 0.25) is 0 Å². The van der Waals surface area contributed by atoms with Crippen LogP contribution in [0.4, 0.5) is 0 Å². The lowest BCUT2D eigenvalue weighted by molar-refractivity contribution is -0.131. The second-order valence-electron chi connectivity index (χ2n) is 4.71. The molecule has 106 valence electrons. The summed E-state index contributed by atoms with van der Waals surface area (Å²) in [6.07, 6.45) is 2.96. The van der Waals surface area contributed by atoms with Crippen LogP contribution < -0.4 is 0 Å². The van der Waals surface area contributed by atoms with Crippen LogP contribution in [0.5, 0.6) is 0 Å². The molecular weight excluding hydrogens is 252 g/mol. The molecule has 0 saturated heterocycles. The number of carbonyl (C=O) groups is 1. The number of aromatic amines is 1. The lowest BCUT2D eigenvalue weighted by Gasteiger charge is -2.21. The van der Waals surface area contributed by atoms with Crippen LogP contribution in [0.15, 0.2) is 48.7 Å². The normalized spacial score (nSPS) is 10.4. The van der Waals surface area contributed by atoms with E-state index >= 15 is 0 Å². The van der Waals surface area contributed by atoms with Crippen LogP contribution in [0.1, 0.15) is 11.3 Å². The first-order valence-electron chi connectivity index (χ1n) is 6.84. The summed E-state index contributed by atoms with van der Waals surface area (Å²) in [5.74, 6) is 0.0393. The van der Waals surface area contributed by atoms with Gasteiger partial charge < -0.3 is 15.0 Å². The van der Waals surface area contributed by atoms with Gasteiger partial charge in [-0.25, -0.2) is 0 Å². The number of nitrogens with one attached hydrogen (secondary N) is 1. The molecule has 0 fully saturated rings. The van der Waals surface area contributed by atoms with E-state index in [2.05, 4.69) is 4.98 Å². The molecule has 0 aliphatic rings. The number of aromatic nitrogens is 1. The molecule has 0 spiro atoms. The molecule has 0 bridgehead atoms. The largest absolute Gasteiger partial charge is 0.395 e. The predicted molar refractivity (Wildman–Crippen MR) is 78.3 cm³/mol. The molecule has 4 nitrogen and oxygen atoms in total. The number of aliphatic hydroxyl groups excluding tert-OH is 1. The van der Waals surface area contributed by atoms with Gasteiger partial charge in [0, 0.05) is 25.0 Å². The third kappa shape index (κ3) is 4.24. The fourth-order valence-electron chi connectivity index (χ4n) is 2.14. The molecule has 0 saturated carbocycles. The highest BCUT2D eigenvalue weighted by Gasteiger charge is 2.13. The van der Waals surface area contributed by atoms with Gasteiger partial charge in [-0.15, -0.1) is 0 Å². The van der Waals surface area contributed by atoms with Crippen LogP contribution in [0.3, 0.4) is 0 Å². The quantitative estimate of drug-likeness (QED) is 0.804. The van der Waals surface area contributed by atoms with Crippen molar-refractivity contribution in [2.75, 3.05) is 19.7 Å². The number of benzene rings is 1. The second kappa shape index (κ2) is 7.50. The van der Waals surface area contributed by atoms with E-state index in [0.29, 0.717) is 19.5 Å². The molecule has 4 heteroatoms. The molecule has 2 aromatic rings. The van der Waals surface area contributed by atoms with Crippen molar-refractivity contribution in [3.8, 4) is 0 Å². The fourth-order valence-corrected chi connectivity index (χ4v) is 2.14. The first kappa shape index (κ1) is 14.3. The number of aliphatic hydroxyl groups is 1. The monoisotopic (exact) mass is 272 g/mol. The lowest BCUT2D eigenvalue weighted by atomic mass is 10.1. The molecule has 1 aromatic heterocycles. The van der Waals surface area contributed by atoms with Crippen LogP contribution >= 0.6 is 0 Å². The molecule has 0 radical (unpaired) electrons. The summed E-state index contributed by atoms with van der Waals surface area (Å²) in [6.45, 7) is 1.00. The molecule has 0 atom stereocenters. The Hall–Kier alpha value is -2.07. The maximum atomic E-state index is 12.2. The zero-order valence-corrected chi connectivity index (χ0v) is 11.5. The highest BCUT2D eigenvalue weighted by atomic mass is 16.3. The summed E-state index contributed by atoms with van der Waals surface area (Å²) < 4.78 is 0. The smallest absolute Gasteiger partial charge is 0.228 e. The number of rotatable bonds is 7. The number of carbonyl (C=O) groups excluding carboxylic acids is 1. The first-order valence-corrected chi connectivity index (χ1v) is 6.84. The van der Waals surface area contributed by atoms with Crippen molar-refractivity contribution in [2.45, 2.75) is 12.8 Å². The third-order valence-corrected chi connectivity index (χ3v) is 3.24. The molecule has 0 aliphatic heterocycles. The van der Waals surface area contributed by atoms with Crippen molar-refractivity contribution in [1.82, 2.24) is 9.88 Å². The van der Waals surface area contributed by atoms with Gasteiger partial charge in [-0.05, 0) is 24.1 Å². The minimum Gasteiger partial charge on any atom is -0.395 e. The zero-order chi connectivity index (χ0) is 14.2. The van der Waals surface area contributed by atoms with Crippen LogP contribution in [0, 0.1) is 0 Å². The topological polar surface area (TPSA) is 56.3 Å².